The highest BCUT2D eigenvalue weighted by molar-refractivity contribution is 7.11. The van der Waals surface area contributed by atoms with Gasteiger partial charge in [-0.3, -0.25) is 4.79 Å². The van der Waals surface area contributed by atoms with E-state index in [0.717, 1.165) is 30.3 Å². The Labute approximate surface area is 132 Å². The lowest BCUT2D eigenvalue weighted by atomic mass is 10.1. The molecule has 0 radical (unpaired) electrons. The molecule has 2 aromatic heterocycles. The van der Waals surface area contributed by atoms with Gasteiger partial charge in [0.05, 0.1) is 17.2 Å². The predicted molar refractivity (Wildman–Crippen MR) is 88.2 cm³/mol. The first-order chi connectivity index (χ1) is 10.7. The van der Waals surface area contributed by atoms with Crippen LogP contribution in [0.3, 0.4) is 0 Å². The molecule has 1 N–H and O–H groups in total. The van der Waals surface area contributed by atoms with Crippen molar-refractivity contribution < 1.29 is 4.79 Å². The minimum absolute atomic E-state index is 0.0771. The van der Waals surface area contributed by atoms with Gasteiger partial charge in [-0.25, -0.2) is 4.98 Å². The van der Waals surface area contributed by atoms with E-state index in [2.05, 4.69) is 16.9 Å². The largest absolute Gasteiger partial charge is 0.351 e. The summed E-state index contributed by atoms with van der Waals surface area (Å²) < 4.78 is 0. The van der Waals surface area contributed by atoms with E-state index in [9.17, 15) is 4.79 Å². The summed E-state index contributed by atoms with van der Waals surface area (Å²) in [6.07, 6.45) is 1.82. The first kappa shape index (κ1) is 13.5. The molecular weight excluding hydrogens is 294 g/mol. The number of nitrogens with one attached hydrogen (secondary N) is 1. The molecule has 4 nitrogen and oxygen atoms in total. The van der Waals surface area contributed by atoms with Gasteiger partial charge in [-0.1, -0.05) is 25.1 Å². The summed E-state index contributed by atoms with van der Waals surface area (Å²) in [5, 5.41) is 2.25. The Morgan fingerprint density at radius 1 is 1.41 bits per heavy atom. The molecule has 0 aliphatic carbocycles. The number of hydrogen-bond donors (Lipinski definition) is 1. The molecular formula is C17H17N3OS. The van der Waals surface area contributed by atoms with Crippen molar-refractivity contribution in [2.45, 2.75) is 26.3 Å². The molecule has 0 spiro atoms. The minimum atomic E-state index is 0.0771. The molecule has 0 bridgehead atoms. The van der Waals surface area contributed by atoms with Gasteiger partial charge in [0.15, 0.2) is 0 Å². The lowest BCUT2D eigenvalue weighted by Gasteiger charge is -2.25. The number of nitrogens with zero attached hydrogens (tertiary/aromatic N) is 2. The third kappa shape index (κ3) is 2.22. The number of carbonyl (C=O) groups is 1. The highest BCUT2D eigenvalue weighted by atomic mass is 32.1. The number of aromatic amines is 1. The number of H-pyrrole nitrogens is 1. The number of fused-ring (bicyclic) bond motifs is 2. The fourth-order valence-electron chi connectivity index (χ4n) is 2.93. The summed E-state index contributed by atoms with van der Waals surface area (Å²) >= 11 is 1.74. The summed E-state index contributed by atoms with van der Waals surface area (Å²) in [6.45, 7) is 3.55. The highest BCUT2D eigenvalue weighted by Crippen LogP contribution is 2.26. The van der Waals surface area contributed by atoms with Gasteiger partial charge in [0.25, 0.3) is 5.91 Å². The van der Waals surface area contributed by atoms with Gasteiger partial charge in [0.1, 0.15) is 5.69 Å². The zero-order chi connectivity index (χ0) is 15.1. The van der Waals surface area contributed by atoms with Crippen molar-refractivity contribution in [3.63, 3.8) is 0 Å². The Balaban J connectivity index is 1.60. The van der Waals surface area contributed by atoms with Crippen LogP contribution < -0.4 is 0 Å². The highest BCUT2D eigenvalue weighted by Gasteiger charge is 2.25. The van der Waals surface area contributed by atoms with Crippen molar-refractivity contribution in [3.05, 3.63) is 51.6 Å². The SMILES string of the molecule is CCc1nc2c(s1)CN(C(=O)c1cc3ccccc3[nH]1)CC2. The number of hydrogen-bond acceptors (Lipinski definition) is 3. The average Bonchev–Trinajstić information content (AvgIpc) is 3.16. The predicted octanol–water partition coefficient (Wildman–Crippen LogP) is 3.39. The lowest BCUT2D eigenvalue weighted by Crippen LogP contribution is -2.35. The number of benzene rings is 1. The maximum absolute atomic E-state index is 12.7. The Hall–Kier alpha value is -2.14. The first-order valence-electron chi connectivity index (χ1n) is 7.59. The van der Waals surface area contributed by atoms with E-state index in [1.165, 1.54) is 15.6 Å². The van der Waals surface area contributed by atoms with E-state index < -0.39 is 0 Å². The molecule has 5 heteroatoms. The Kier molecular flexibility index (Phi) is 3.22. The normalized spacial score (nSPS) is 14.3. The Morgan fingerprint density at radius 2 is 2.27 bits per heavy atom. The molecule has 22 heavy (non-hydrogen) atoms. The number of amides is 1. The van der Waals surface area contributed by atoms with E-state index in [4.69, 9.17) is 0 Å². The Morgan fingerprint density at radius 3 is 3.09 bits per heavy atom. The van der Waals surface area contributed by atoms with Crippen molar-refractivity contribution in [1.29, 1.82) is 0 Å². The van der Waals surface area contributed by atoms with Crippen molar-refractivity contribution >= 4 is 28.1 Å². The maximum atomic E-state index is 12.7. The van der Waals surface area contributed by atoms with Crippen LogP contribution in [0.25, 0.3) is 10.9 Å². The maximum Gasteiger partial charge on any atom is 0.270 e. The van der Waals surface area contributed by atoms with Crippen LogP contribution in [0.2, 0.25) is 0 Å². The minimum Gasteiger partial charge on any atom is -0.351 e. The molecule has 4 rings (SSSR count). The summed E-state index contributed by atoms with van der Waals surface area (Å²) in [7, 11) is 0. The van der Waals surface area contributed by atoms with Crippen LogP contribution in [-0.4, -0.2) is 27.3 Å². The number of rotatable bonds is 2. The van der Waals surface area contributed by atoms with E-state index in [1.54, 1.807) is 11.3 Å². The number of thiazole rings is 1. The topological polar surface area (TPSA) is 49.0 Å². The lowest BCUT2D eigenvalue weighted by molar-refractivity contribution is 0.0731. The Bertz CT molecular complexity index is 816. The molecule has 1 aliphatic heterocycles. The smallest absolute Gasteiger partial charge is 0.270 e. The molecule has 0 saturated carbocycles. The molecule has 1 aromatic carbocycles. The molecule has 0 atom stereocenters. The zero-order valence-electron chi connectivity index (χ0n) is 12.4. The van der Waals surface area contributed by atoms with Crippen LogP contribution in [0.4, 0.5) is 0 Å². The average molecular weight is 311 g/mol. The van der Waals surface area contributed by atoms with Gasteiger partial charge in [-0.2, -0.15) is 0 Å². The third-order valence-electron chi connectivity index (χ3n) is 4.13. The molecule has 3 heterocycles. The quantitative estimate of drug-likeness (QED) is 0.788. The molecule has 1 aliphatic rings. The molecule has 0 saturated heterocycles. The second-order valence-corrected chi connectivity index (χ2v) is 6.75. The van der Waals surface area contributed by atoms with Crippen molar-refractivity contribution in [2.24, 2.45) is 0 Å². The molecule has 112 valence electrons. The first-order valence-corrected chi connectivity index (χ1v) is 8.40. The number of aromatic nitrogens is 2. The standard InChI is InChI=1S/C17H17N3OS/c1-2-16-19-13-7-8-20(10-15(13)22-16)17(21)14-9-11-5-3-4-6-12(11)18-14/h3-6,9,18H,2,7-8,10H2,1H3. The van der Waals surface area contributed by atoms with Crippen LogP contribution in [0.5, 0.6) is 0 Å². The van der Waals surface area contributed by atoms with Gasteiger partial charge in [0.2, 0.25) is 0 Å². The summed E-state index contributed by atoms with van der Waals surface area (Å²) in [5.74, 6) is 0.0771. The van der Waals surface area contributed by atoms with Gasteiger partial charge >= 0.3 is 0 Å². The monoisotopic (exact) mass is 311 g/mol. The second kappa shape index (κ2) is 5.25. The van der Waals surface area contributed by atoms with Crippen molar-refractivity contribution in [2.75, 3.05) is 6.54 Å². The zero-order valence-corrected chi connectivity index (χ0v) is 13.2. The molecule has 1 amide bonds. The van der Waals surface area contributed by atoms with E-state index in [1.807, 2.05) is 35.2 Å². The van der Waals surface area contributed by atoms with E-state index in [0.29, 0.717) is 12.2 Å². The van der Waals surface area contributed by atoms with Crippen LogP contribution in [0, 0.1) is 0 Å². The van der Waals surface area contributed by atoms with Crippen LogP contribution in [-0.2, 0) is 19.4 Å². The molecule has 3 aromatic rings. The summed E-state index contributed by atoms with van der Waals surface area (Å²) in [6, 6.07) is 9.92. The van der Waals surface area contributed by atoms with Crippen molar-refractivity contribution in [3.8, 4) is 0 Å². The summed E-state index contributed by atoms with van der Waals surface area (Å²) in [5.41, 5.74) is 2.86. The third-order valence-corrected chi connectivity index (χ3v) is 5.35. The van der Waals surface area contributed by atoms with Gasteiger partial charge < -0.3 is 9.88 Å². The van der Waals surface area contributed by atoms with E-state index >= 15 is 0 Å². The number of para-hydroxylation sites is 1. The fraction of sp³-hybridized carbons (Fsp3) is 0.294. The van der Waals surface area contributed by atoms with Crippen LogP contribution in [0.15, 0.2) is 30.3 Å². The van der Waals surface area contributed by atoms with Gasteiger partial charge in [0, 0.05) is 28.7 Å². The molecule has 0 unspecified atom stereocenters. The molecule has 0 fully saturated rings. The number of carbonyl (C=O) groups excluding carboxylic acids is 1. The number of aryl methyl sites for hydroxylation is 1. The summed E-state index contributed by atoms with van der Waals surface area (Å²) in [4.78, 5) is 23.8. The fourth-order valence-corrected chi connectivity index (χ4v) is 4.00. The van der Waals surface area contributed by atoms with Crippen molar-refractivity contribution in [1.82, 2.24) is 14.9 Å². The van der Waals surface area contributed by atoms with Crippen LogP contribution in [0.1, 0.15) is 33.0 Å². The second-order valence-electron chi connectivity index (χ2n) is 5.58. The van der Waals surface area contributed by atoms with Gasteiger partial charge in [-0.05, 0) is 18.6 Å². The van der Waals surface area contributed by atoms with Gasteiger partial charge in [-0.15, -0.1) is 11.3 Å². The van der Waals surface area contributed by atoms with Crippen LogP contribution >= 0.6 is 11.3 Å². The van der Waals surface area contributed by atoms with E-state index in [-0.39, 0.29) is 5.91 Å².